The Morgan fingerprint density at radius 3 is 2.22 bits per heavy atom. The van der Waals surface area contributed by atoms with E-state index in [-0.39, 0.29) is 12.3 Å². The van der Waals surface area contributed by atoms with Crippen molar-refractivity contribution in [2.45, 2.75) is 32.8 Å². The molecule has 0 unspecified atom stereocenters. The second-order valence-electron chi connectivity index (χ2n) is 6.51. The van der Waals surface area contributed by atoms with Crippen LogP contribution in [0.15, 0.2) is 18.2 Å². The van der Waals surface area contributed by atoms with Crippen LogP contribution in [0.5, 0.6) is 5.75 Å². The third-order valence-corrected chi connectivity index (χ3v) is 3.13. The zero-order valence-electron chi connectivity index (χ0n) is 15.0. The van der Waals surface area contributed by atoms with Crippen LogP contribution >= 0.6 is 0 Å². The molecular weight excluding hydrogens is 296 g/mol. The van der Waals surface area contributed by atoms with Crippen LogP contribution in [0, 0.1) is 0 Å². The number of likely N-dealkylation sites (N-methyl/N-ethyl adjacent to an activating group) is 1. The zero-order chi connectivity index (χ0) is 17.8. The number of amides is 2. The van der Waals surface area contributed by atoms with Crippen LogP contribution in [-0.2, 0) is 16.0 Å². The van der Waals surface area contributed by atoms with Gasteiger partial charge in [0.25, 0.3) is 0 Å². The highest BCUT2D eigenvalue weighted by molar-refractivity contribution is 5.89. The average Bonchev–Trinajstić information content (AvgIpc) is 2.44. The lowest BCUT2D eigenvalue weighted by atomic mass is 10.1. The van der Waals surface area contributed by atoms with Crippen LogP contribution < -0.4 is 9.64 Å². The number of hydrogen-bond donors (Lipinski definition) is 0. The van der Waals surface area contributed by atoms with Crippen LogP contribution in [0.4, 0.5) is 10.5 Å². The fraction of sp³-hybridized carbons (Fsp3) is 0.529. The van der Waals surface area contributed by atoms with Gasteiger partial charge in [0.05, 0.1) is 19.2 Å². The molecule has 0 radical (unpaired) electrons. The van der Waals surface area contributed by atoms with Gasteiger partial charge in [-0.25, -0.2) is 4.79 Å². The van der Waals surface area contributed by atoms with Crippen LogP contribution in [0.2, 0.25) is 0 Å². The number of hydrogen-bond acceptors (Lipinski definition) is 4. The molecule has 0 spiro atoms. The second kappa shape index (κ2) is 7.35. The Bertz CT molecular complexity index is 576. The fourth-order valence-electron chi connectivity index (χ4n) is 1.87. The van der Waals surface area contributed by atoms with Crippen molar-refractivity contribution >= 4 is 17.7 Å². The van der Waals surface area contributed by atoms with E-state index in [9.17, 15) is 9.59 Å². The van der Waals surface area contributed by atoms with Crippen molar-refractivity contribution in [1.29, 1.82) is 0 Å². The Balaban J connectivity index is 3.00. The fourth-order valence-corrected chi connectivity index (χ4v) is 1.87. The maximum Gasteiger partial charge on any atom is 0.414 e. The molecule has 0 saturated heterocycles. The summed E-state index contributed by atoms with van der Waals surface area (Å²) in [6.45, 7) is 5.43. The number of carbonyl (C=O) groups is 2. The monoisotopic (exact) mass is 322 g/mol. The van der Waals surface area contributed by atoms with E-state index in [1.54, 1.807) is 39.3 Å². The van der Waals surface area contributed by atoms with Gasteiger partial charge in [-0.2, -0.15) is 0 Å². The van der Waals surface area contributed by atoms with Crippen LogP contribution in [0.1, 0.15) is 26.3 Å². The van der Waals surface area contributed by atoms with Crippen LogP contribution in [0.25, 0.3) is 0 Å². The standard InChI is InChI=1S/C17H26N2O4/c1-17(2,3)23-16(21)19(6)13-9-8-12(10-14(13)22-7)11-15(20)18(4)5/h8-10H,11H2,1-7H3. The maximum atomic E-state index is 12.2. The summed E-state index contributed by atoms with van der Waals surface area (Å²) in [5, 5.41) is 0. The number of methoxy groups -OCH3 is 1. The smallest absolute Gasteiger partial charge is 0.414 e. The Kier molecular flexibility index (Phi) is 6.01. The number of carbonyl (C=O) groups excluding carboxylic acids is 2. The van der Waals surface area contributed by atoms with Gasteiger partial charge in [0.1, 0.15) is 11.4 Å². The van der Waals surface area contributed by atoms with E-state index in [1.165, 1.54) is 16.9 Å². The molecule has 0 atom stereocenters. The number of anilines is 1. The molecule has 6 heteroatoms. The molecule has 0 heterocycles. The molecule has 0 aliphatic heterocycles. The summed E-state index contributed by atoms with van der Waals surface area (Å²) >= 11 is 0. The summed E-state index contributed by atoms with van der Waals surface area (Å²) in [5.41, 5.74) is 0.834. The number of ether oxygens (including phenoxy) is 2. The first-order valence-corrected chi connectivity index (χ1v) is 7.39. The molecular formula is C17H26N2O4. The zero-order valence-corrected chi connectivity index (χ0v) is 15.0. The normalized spacial score (nSPS) is 10.9. The summed E-state index contributed by atoms with van der Waals surface area (Å²) in [4.78, 5) is 26.9. The molecule has 23 heavy (non-hydrogen) atoms. The molecule has 0 bridgehead atoms. The lowest BCUT2D eigenvalue weighted by molar-refractivity contribution is -0.127. The Morgan fingerprint density at radius 1 is 1.13 bits per heavy atom. The van der Waals surface area contributed by atoms with Crippen molar-refractivity contribution in [3.8, 4) is 5.75 Å². The van der Waals surface area contributed by atoms with Gasteiger partial charge in [0, 0.05) is 21.1 Å². The van der Waals surface area contributed by atoms with Gasteiger partial charge in [-0.3, -0.25) is 9.69 Å². The molecule has 128 valence electrons. The molecule has 6 nitrogen and oxygen atoms in total. The first-order chi connectivity index (χ1) is 10.5. The highest BCUT2D eigenvalue weighted by Crippen LogP contribution is 2.30. The maximum absolute atomic E-state index is 12.2. The summed E-state index contributed by atoms with van der Waals surface area (Å²) in [6.07, 6.45) is -0.187. The van der Waals surface area contributed by atoms with Crippen molar-refractivity contribution in [3.05, 3.63) is 23.8 Å². The van der Waals surface area contributed by atoms with Crippen molar-refractivity contribution < 1.29 is 19.1 Å². The van der Waals surface area contributed by atoms with Crippen molar-refractivity contribution in [2.24, 2.45) is 0 Å². The molecule has 1 aromatic carbocycles. The van der Waals surface area contributed by atoms with E-state index in [0.717, 1.165) is 5.56 Å². The lowest BCUT2D eigenvalue weighted by Gasteiger charge is -2.25. The summed E-state index contributed by atoms with van der Waals surface area (Å²) in [7, 11) is 6.57. The lowest BCUT2D eigenvalue weighted by Crippen LogP contribution is -2.34. The predicted molar refractivity (Wildman–Crippen MR) is 90.0 cm³/mol. The summed E-state index contributed by atoms with van der Waals surface area (Å²) < 4.78 is 10.7. The molecule has 0 saturated carbocycles. The Morgan fingerprint density at radius 2 is 1.74 bits per heavy atom. The van der Waals surface area contributed by atoms with E-state index in [1.807, 2.05) is 20.8 Å². The van der Waals surface area contributed by atoms with E-state index in [4.69, 9.17) is 9.47 Å². The molecule has 2 amide bonds. The van der Waals surface area contributed by atoms with E-state index in [2.05, 4.69) is 0 Å². The summed E-state index contributed by atoms with van der Waals surface area (Å²) in [5.74, 6) is 0.516. The topological polar surface area (TPSA) is 59.1 Å². The number of nitrogens with zero attached hydrogens (tertiary/aromatic N) is 2. The first kappa shape index (κ1) is 18.8. The van der Waals surface area contributed by atoms with Crippen LogP contribution in [0.3, 0.4) is 0 Å². The Labute approximate surface area is 138 Å². The van der Waals surface area contributed by atoms with E-state index in [0.29, 0.717) is 11.4 Å². The molecule has 0 aromatic heterocycles. The Hall–Kier alpha value is -2.24. The highest BCUT2D eigenvalue weighted by Gasteiger charge is 2.22. The minimum Gasteiger partial charge on any atom is -0.495 e. The van der Waals surface area contributed by atoms with Crippen LogP contribution in [-0.4, -0.2) is 50.8 Å². The molecule has 0 aliphatic carbocycles. The largest absolute Gasteiger partial charge is 0.495 e. The summed E-state index contributed by atoms with van der Waals surface area (Å²) in [6, 6.07) is 5.32. The van der Waals surface area contributed by atoms with Gasteiger partial charge >= 0.3 is 6.09 Å². The molecule has 0 N–H and O–H groups in total. The first-order valence-electron chi connectivity index (χ1n) is 7.39. The highest BCUT2D eigenvalue weighted by atomic mass is 16.6. The average molecular weight is 322 g/mol. The second-order valence-corrected chi connectivity index (χ2v) is 6.51. The third-order valence-electron chi connectivity index (χ3n) is 3.13. The number of benzene rings is 1. The molecule has 0 aliphatic rings. The minimum atomic E-state index is -0.573. The van der Waals surface area contributed by atoms with Gasteiger partial charge in [-0.05, 0) is 38.5 Å². The SMILES string of the molecule is COc1cc(CC(=O)N(C)C)ccc1N(C)C(=O)OC(C)(C)C. The predicted octanol–water partition coefficient (Wildman–Crippen LogP) is 2.70. The van der Waals surface area contributed by atoms with Gasteiger partial charge in [0.15, 0.2) is 0 Å². The molecule has 1 rings (SSSR count). The minimum absolute atomic E-state index is 0.000278. The van der Waals surface area contributed by atoms with Crippen molar-refractivity contribution in [1.82, 2.24) is 4.90 Å². The van der Waals surface area contributed by atoms with Crippen molar-refractivity contribution in [3.63, 3.8) is 0 Å². The van der Waals surface area contributed by atoms with E-state index >= 15 is 0 Å². The van der Waals surface area contributed by atoms with Gasteiger partial charge < -0.3 is 14.4 Å². The molecule has 0 fully saturated rings. The van der Waals surface area contributed by atoms with Crippen molar-refractivity contribution in [2.75, 3.05) is 33.2 Å². The number of rotatable bonds is 4. The van der Waals surface area contributed by atoms with Gasteiger partial charge in [0.2, 0.25) is 5.91 Å². The van der Waals surface area contributed by atoms with E-state index < -0.39 is 11.7 Å². The quantitative estimate of drug-likeness (QED) is 0.855. The molecule has 1 aromatic rings. The third kappa shape index (κ3) is 5.47. The van der Waals surface area contributed by atoms with Gasteiger partial charge in [-0.1, -0.05) is 6.07 Å². The van der Waals surface area contributed by atoms with Gasteiger partial charge in [-0.15, -0.1) is 0 Å².